The van der Waals surface area contributed by atoms with E-state index in [4.69, 9.17) is 9.73 Å². The number of carbonyl (C=O) groups is 1. The molecule has 0 bridgehead atoms. The molecule has 3 atom stereocenters. The molecule has 0 amide bonds. The van der Waals surface area contributed by atoms with Crippen LogP contribution in [0.4, 0.5) is 11.4 Å². The number of anilines is 1. The average molecular weight is 403 g/mol. The van der Waals surface area contributed by atoms with Gasteiger partial charge in [-0.25, -0.2) is 0 Å². The summed E-state index contributed by atoms with van der Waals surface area (Å²) in [6.07, 6.45) is 1.33. The summed E-state index contributed by atoms with van der Waals surface area (Å²) in [6.45, 7) is 0. The molecule has 0 spiro atoms. The third-order valence-corrected chi connectivity index (χ3v) is 6.61. The molecule has 1 aliphatic heterocycles. The molecule has 146 valence electrons. The number of rotatable bonds is 3. The van der Waals surface area contributed by atoms with E-state index in [1.165, 1.54) is 0 Å². The molecule has 3 unspecified atom stereocenters. The van der Waals surface area contributed by atoms with Crippen LogP contribution in [0.5, 0.6) is 5.75 Å². The Hall–Kier alpha value is -2.92. The number of hydrogen-bond acceptors (Lipinski definition) is 5. The summed E-state index contributed by atoms with van der Waals surface area (Å²) in [5, 5.41) is 7.81. The first-order chi connectivity index (χ1) is 14.2. The number of nitrogens with one attached hydrogen (secondary N) is 1. The van der Waals surface area contributed by atoms with Crippen LogP contribution in [0, 0.1) is 5.92 Å². The lowest BCUT2D eigenvalue weighted by Gasteiger charge is -2.33. The number of benzene rings is 2. The molecule has 1 aliphatic carbocycles. The summed E-state index contributed by atoms with van der Waals surface area (Å²) >= 11 is 1.66. The summed E-state index contributed by atoms with van der Waals surface area (Å²) < 4.78 is 5.28. The molecule has 2 aliphatic rings. The van der Waals surface area contributed by atoms with Gasteiger partial charge in [-0.05, 0) is 64.6 Å². The van der Waals surface area contributed by atoms with E-state index in [9.17, 15) is 4.79 Å². The van der Waals surface area contributed by atoms with Gasteiger partial charge in [-0.15, -0.1) is 0 Å². The van der Waals surface area contributed by atoms with Crippen molar-refractivity contribution >= 4 is 34.2 Å². The zero-order chi connectivity index (χ0) is 19.8. The number of hydrogen-bond donors (Lipinski definition) is 1. The van der Waals surface area contributed by atoms with Gasteiger partial charge in [0.2, 0.25) is 0 Å². The van der Waals surface area contributed by atoms with Crippen molar-refractivity contribution in [3.63, 3.8) is 0 Å². The molecule has 0 saturated heterocycles. The first-order valence-corrected chi connectivity index (χ1v) is 10.8. The number of methoxy groups -OCH3 is 1. The Morgan fingerprint density at radius 3 is 2.62 bits per heavy atom. The quantitative estimate of drug-likeness (QED) is 0.606. The maximum Gasteiger partial charge on any atom is 0.144 e. The second-order valence-corrected chi connectivity index (χ2v) is 8.40. The smallest absolute Gasteiger partial charge is 0.144 e. The monoisotopic (exact) mass is 402 g/mol. The molecule has 3 aromatic rings. The standard InChI is InChI=1S/C24H22N2O2S/c1-28-18-8-6-15(7-9-18)17-12-21-23(22(27)13-17)24(16-10-11-29-14-16)26-20-5-3-2-4-19(20)25-21/h2-11,14,17,23-24,26H,12-13H2,1H3. The van der Waals surface area contributed by atoms with Crippen LogP contribution in [0.2, 0.25) is 0 Å². The Morgan fingerprint density at radius 1 is 1.03 bits per heavy atom. The molecular weight excluding hydrogens is 380 g/mol. The largest absolute Gasteiger partial charge is 0.497 e. The maximum absolute atomic E-state index is 13.4. The molecule has 5 rings (SSSR count). The third kappa shape index (κ3) is 3.36. The number of fused-ring (bicyclic) bond motifs is 2. The van der Waals surface area contributed by atoms with Crippen molar-refractivity contribution in [2.75, 3.05) is 12.4 Å². The number of aliphatic imine (C=N–C) groups is 1. The van der Waals surface area contributed by atoms with Crippen molar-refractivity contribution in [3.8, 4) is 5.75 Å². The molecule has 1 fully saturated rings. The maximum atomic E-state index is 13.4. The normalized spacial score (nSPS) is 23.3. The van der Waals surface area contributed by atoms with Crippen molar-refractivity contribution in [3.05, 3.63) is 76.5 Å². The summed E-state index contributed by atoms with van der Waals surface area (Å²) in [7, 11) is 1.67. The van der Waals surface area contributed by atoms with Crippen LogP contribution in [0.1, 0.15) is 35.9 Å². The Kier molecular flexibility index (Phi) is 4.68. The zero-order valence-electron chi connectivity index (χ0n) is 16.2. The topological polar surface area (TPSA) is 50.7 Å². The van der Waals surface area contributed by atoms with Crippen molar-refractivity contribution in [1.82, 2.24) is 0 Å². The third-order valence-electron chi connectivity index (χ3n) is 5.91. The molecule has 5 heteroatoms. The molecule has 2 aromatic carbocycles. The number of Topliss-reactive ketones (excluding diaryl/α,β-unsaturated/α-hetero) is 1. The van der Waals surface area contributed by atoms with Crippen LogP contribution < -0.4 is 10.1 Å². The van der Waals surface area contributed by atoms with E-state index in [0.717, 1.165) is 40.4 Å². The predicted octanol–water partition coefficient (Wildman–Crippen LogP) is 5.76. The minimum Gasteiger partial charge on any atom is -0.497 e. The molecule has 1 N–H and O–H groups in total. The number of para-hydroxylation sites is 2. The molecule has 0 radical (unpaired) electrons. The van der Waals surface area contributed by atoms with E-state index < -0.39 is 0 Å². The lowest BCUT2D eigenvalue weighted by Crippen LogP contribution is -2.38. The van der Waals surface area contributed by atoms with Crippen molar-refractivity contribution in [2.45, 2.75) is 24.8 Å². The highest BCUT2D eigenvalue weighted by Crippen LogP contribution is 2.44. The van der Waals surface area contributed by atoms with Gasteiger partial charge in [0.25, 0.3) is 0 Å². The highest BCUT2D eigenvalue weighted by atomic mass is 32.1. The van der Waals surface area contributed by atoms with Gasteiger partial charge in [-0.1, -0.05) is 24.3 Å². The lowest BCUT2D eigenvalue weighted by atomic mass is 9.72. The lowest BCUT2D eigenvalue weighted by molar-refractivity contribution is -0.122. The molecule has 29 heavy (non-hydrogen) atoms. The van der Waals surface area contributed by atoms with Gasteiger partial charge in [0, 0.05) is 12.1 Å². The molecule has 1 aromatic heterocycles. The van der Waals surface area contributed by atoms with Gasteiger partial charge in [0.15, 0.2) is 0 Å². The Labute approximate surface area is 174 Å². The second kappa shape index (κ2) is 7.48. The van der Waals surface area contributed by atoms with Gasteiger partial charge < -0.3 is 10.1 Å². The summed E-state index contributed by atoms with van der Waals surface area (Å²) in [4.78, 5) is 18.4. The van der Waals surface area contributed by atoms with Gasteiger partial charge in [-0.2, -0.15) is 11.3 Å². The van der Waals surface area contributed by atoms with E-state index in [-0.39, 0.29) is 23.7 Å². The first-order valence-electron chi connectivity index (χ1n) is 9.84. The van der Waals surface area contributed by atoms with E-state index in [2.05, 4.69) is 34.3 Å². The first kappa shape index (κ1) is 18.1. The number of carbonyl (C=O) groups excluding carboxylic acids is 1. The number of ketones is 1. The van der Waals surface area contributed by atoms with Crippen LogP contribution in [0.15, 0.2) is 70.3 Å². The van der Waals surface area contributed by atoms with E-state index >= 15 is 0 Å². The molecular formula is C24H22N2O2S. The van der Waals surface area contributed by atoms with Crippen molar-refractivity contribution < 1.29 is 9.53 Å². The fourth-order valence-electron chi connectivity index (χ4n) is 4.44. The van der Waals surface area contributed by atoms with Crippen LogP contribution in [0.25, 0.3) is 0 Å². The highest BCUT2D eigenvalue weighted by molar-refractivity contribution is 7.08. The van der Waals surface area contributed by atoms with Crippen molar-refractivity contribution in [2.24, 2.45) is 10.9 Å². The number of nitrogens with zero attached hydrogens (tertiary/aromatic N) is 1. The SMILES string of the molecule is COc1ccc(C2CC(=O)C3C(=Nc4ccccc4NC3c3ccsc3)C2)cc1. The van der Waals surface area contributed by atoms with Crippen LogP contribution in [0.3, 0.4) is 0 Å². The fourth-order valence-corrected chi connectivity index (χ4v) is 5.14. The van der Waals surface area contributed by atoms with E-state index in [1.54, 1.807) is 18.4 Å². The molecule has 1 saturated carbocycles. The Balaban J connectivity index is 1.55. The average Bonchev–Trinajstić information content (AvgIpc) is 3.22. The van der Waals surface area contributed by atoms with E-state index in [0.29, 0.717) is 6.42 Å². The van der Waals surface area contributed by atoms with Gasteiger partial charge in [0.05, 0.1) is 30.4 Å². The van der Waals surface area contributed by atoms with Crippen LogP contribution in [-0.4, -0.2) is 18.6 Å². The summed E-state index contributed by atoms with van der Waals surface area (Å²) in [5.41, 5.74) is 5.20. The molecule has 2 heterocycles. The zero-order valence-corrected chi connectivity index (χ0v) is 17.0. The van der Waals surface area contributed by atoms with Gasteiger partial charge in [-0.3, -0.25) is 9.79 Å². The Bertz CT molecular complexity index is 1060. The Morgan fingerprint density at radius 2 is 1.86 bits per heavy atom. The van der Waals surface area contributed by atoms with Crippen LogP contribution >= 0.6 is 11.3 Å². The number of thiophene rings is 1. The van der Waals surface area contributed by atoms with Crippen LogP contribution in [-0.2, 0) is 4.79 Å². The minimum absolute atomic E-state index is 0.0760. The summed E-state index contributed by atoms with van der Waals surface area (Å²) in [5.74, 6) is 1.01. The summed E-state index contributed by atoms with van der Waals surface area (Å²) in [6, 6.07) is 18.2. The highest BCUT2D eigenvalue weighted by Gasteiger charge is 2.41. The number of ether oxygens (including phenoxy) is 1. The van der Waals surface area contributed by atoms with Gasteiger partial charge >= 0.3 is 0 Å². The molecule has 4 nitrogen and oxygen atoms in total. The van der Waals surface area contributed by atoms with Crippen molar-refractivity contribution in [1.29, 1.82) is 0 Å². The predicted molar refractivity (Wildman–Crippen MR) is 118 cm³/mol. The minimum atomic E-state index is -0.230. The fraction of sp³-hybridized carbons (Fsp3) is 0.250. The van der Waals surface area contributed by atoms with Gasteiger partial charge in [0.1, 0.15) is 11.5 Å². The van der Waals surface area contributed by atoms with E-state index in [1.807, 2.05) is 36.4 Å². The second-order valence-electron chi connectivity index (χ2n) is 7.62.